The minimum Gasteiger partial charge on any atom is -0.386 e. The number of aromatic nitrogens is 1. The van der Waals surface area contributed by atoms with E-state index < -0.39 is 22.7 Å². The predicted molar refractivity (Wildman–Crippen MR) is 73.9 cm³/mol. The summed E-state index contributed by atoms with van der Waals surface area (Å²) in [5.41, 5.74) is 4.31. The average molecular weight is 295 g/mol. The molecular formula is C15H13N5O2. The van der Waals surface area contributed by atoms with Crippen molar-refractivity contribution in [3.8, 4) is 12.1 Å². The lowest BCUT2D eigenvalue weighted by Gasteiger charge is -2.26. The molecule has 1 aromatic rings. The molecule has 1 aromatic heterocycles. The molecule has 3 aliphatic rings. The van der Waals surface area contributed by atoms with Crippen molar-refractivity contribution in [2.24, 2.45) is 21.6 Å². The van der Waals surface area contributed by atoms with Crippen molar-refractivity contribution in [2.75, 3.05) is 6.61 Å². The molecule has 2 aliphatic heterocycles. The molecule has 2 fully saturated rings. The third kappa shape index (κ3) is 1.11. The molecule has 110 valence electrons. The zero-order chi connectivity index (χ0) is 15.6. The van der Waals surface area contributed by atoms with Gasteiger partial charge in [0.2, 0.25) is 0 Å². The lowest BCUT2D eigenvalue weighted by Crippen LogP contribution is -2.39. The fourth-order valence-corrected chi connectivity index (χ4v) is 3.91. The number of ether oxygens (including phenoxy) is 2. The SMILES string of the molecule is CC1COC2(N=C(N)C3(C#N)C(c4cccnc4)C23C#N)O1. The Morgan fingerprint density at radius 2 is 2.23 bits per heavy atom. The van der Waals surface area contributed by atoms with Gasteiger partial charge in [0, 0.05) is 18.3 Å². The zero-order valence-corrected chi connectivity index (χ0v) is 11.9. The maximum Gasteiger partial charge on any atom is 0.293 e. The molecule has 1 aliphatic carbocycles. The second-order valence-corrected chi connectivity index (χ2v) is 5.88. The second-order valence-electron chi connectivity index (χ2n) is 5.88. The molecule has 0 amide bonds. The fraction of sp³-hybridized carbons (Fsp3) is 0.467. The van der Waals surface area contributed by atoms with Gasteiger partial charge in [-0.3, -0.25) is 4.98 Å². The molecule has 3 heterocycles. The van der Waals surface area contributed by atoms with Crippen molar-refractivity contribution in [2.45, 2.75) is 24.9 Å². The predicted octanol–water partition coefficient (Wildman–Crippen LogP) is 0.659. The second kappa shape index (κ2) is 3.83. The quantitative estimate of drug-likeness (QED) is 0.813. The van der Waals surface area contributed by atoms with Crippen molar-refractivity contribution < 1.29 is 9.47 Å². The van der Waals surface area contributed by atoms with E-state index in [4.69, 9.17) is 15.2 Å². The van der Waals surface area contributed by atoms with Gasteiger partial charge in [-0.05, 0) is 18.6 Å². The average Bonchev–Trinajstić information content (AvgIpc) is 2.93. The van der Waals surface area contributed by atoms with E-state index in [0.29, 0.717) is 6.61 Å². The first kappa shape index (κ1) is 13.2. The monoisotopic (exact) mass is 295 g/mol. The van der Waals surface area contributed by atoms with Gasteiger partial charge in [0.1, 0.15) is 11.3 Å². The van der Waals surface area contributed by atoms with Crippen molar-refractivity contribution in [3.05, 3.63) is 30.1 Å². The number of hydrogen-bond acceptors (Lipinski definition) is 7. The summed E-state index contributed by atoms with van der Waals surface area (Å²) in [7, 11) is 0. The number of hydrogen-bond donors (Lipinski definition) is 1. The summed E-state index contributed by atoms with van der Waals surface area (Å²) in [5.74, 6) is -1.87. The normalized spacial score (nSPS) is 45.0. The van der Waals surface area contributed by atoms with Crippen LogP contribution in [0, 0.1) is 33.5 Å². The van der Waals surface area contributed by atoms with Gasteiger partial charge in [0.25, 0.3) is 5.91 Å². The molecule has 7 nitrogen and oxygen atoms in total. The number of fused-ring (bicyclic) bond motifs is 2. The highest BCUT2D eigenvalue weighted by molar-refractivity contribution is 6.00. The van der Waals surface area contributed by atoms with Crippen LogP contribution in [-0.4, -0.2) is 29.4 Å². The number of aliphatic imine (C=N–C) groups is 1. The van der Waals surface area contributed by atoms with Crippen LogP contribution in [0.2, 0.25) is 0 Å². The molecule has 1 saturated heterocycles. The Labute approximate surface area is 127 Å². The van der Waals surface area contributed by atoms with Crippen LogP contribution in [0.25, 0.3) is 0 Å². The minimum absolute atomic E-state index is 0.0968. The molecule has 1 spiro atoms. The van der Waals surface area contributed by atoms with Gasteiger partial charge >= 0.3 is 0 Å². The first-order valence-electron chi connectivity index (χ1n) is 6.98. The van der Waals surface area contributed by atoms with E-state index >= 15 is 0 Å². The molecule has 1 saturated carbocycles. The van der Waals surface area contributed by atoms with Gasteiger partial charge in [-0.1, -0.05) is 6.07 Å². The Morgan fingerprint density at radius 1 is 1.41 bits per heavy atom. The number of amidine groups is 1. The summed E-state index contributed by atoms with van der Waals surface area (Å²) in [6.07, 6.45) is 3.06. The molecule has 2 N–H and O–H groups in total. The Balaban J connectivity index is 1.93. The van der Waals surface area contributed by atoms with Crippen molar-refractivity contribution in [1.29, 1.82) is 10.5 Å². The number of pyridine rings is 1. The summed E-state index contributed by atoms with van der Waals surface area (Å²) in [5, 5.41) is 19.7. The summed E-state index contributed by atoms with van der Waals surface area (Å²) in [6.45, 7) is 2.14. The lowest BCUT2D eigenvalue weighted by molar-refractivity contribution is -0.193. The highest BCUT2D eigenvalue weighted by Gasteiger charge is 2.94. The summed E-state index contributed by atoms with van der Waals surface area (Å²) in [6, 6.07) is 8.04. The van der Waals surface area contributed by atoms with Crippen LogP contribution in [0.5, 0.6) is 0 Å². The Kier molecular flexibility index (Phi) is 2.30. The summed E-state index contributed by atoms with van der Waals surface area (Å²) >= 11 is 0. The Morgan fingerprint density at radius 3 is 2.77 bits per heavy atom. The van der Waals surface area contributed by atoms with Crippen molar-refractivity contribution in [3.63, 3.8) is 0 Å². The van der Waals surface area contributed by atoms with E-state index in [1.54, 1.807) is 18.5 Å². The molecule has 0 radical (unpaired) electrons. The Bertz CT molecular complexity index is 766. The summed E-state index contributed by atoms with van der Waals surface area (Å²) < 4.78 is 11.6. The largest absolute Gasteiger partial charge is 0.386 e. The number of nitriles is 2. The van der Waals surface area contributed by atoms with Crippen LogP contribution in [0.4, 0.5) is 0 Å². The Hall–Kier alpha value is -2.48. The molecule has 0 bridgehead atoms. The smallest absolute Gasteiger partial charge is 0.293 e. The molecule has 22 heavy (non-hydrogen) atoms. The van der Waals surface area contributed by atoms with Gasteiger partial charge in [0.15, 0.2) is 5.41 Å². The van der Waals surface area contributed by atoms with Crippen molar-refractivity contribution in [1.82, 2.24) is 4.98 Å². The maximum atomic E-state index is 9.91. The van der Waals surface area contributed by atoms with E-state index in [1.165, 1.54) is 0 Å². The maximum absolute atomic E-state index is 9.91. The van der Waals surface area contributed by atoms with Gasteiger partial charge in [-0.2, -0.15) is 10.5 Å². The highest BCUT2D eigenvalue weighted by Crippen LogP contribution is 2.82. The fourth-order valence-electron chi connectivity index (χ4n) is 3.91. The van der Waals surface area contributed by atoms with E-state index in [1.807, 2.05) is 13.0 Å². The zero-order valence-electron chi connectivity index (χ0n) is 11.9. The van der Waals surface area contributed by atoms with Crippen LogP contribution >= 0.6 is 0 Å². The van der Waals surface area contributed by atoms with Crippen LogP contribution in [0.1, 0.15) is 18.4 Å². The highest BCUT2D eigenvalue weighted by atomic mass is 16.8. The lowest BCUT2D eigenvalue weighted by atomic mass is 9.94. The molecular weight excluding hydrogens is 282 g/mol. The van der Waals surface area contributed by atoms with Crippen LogP contribution < -0.4 is 5.73 Å². The third-order valence-corrected chi connectivity index (χ3v) is 4.82. The number of nitrogens with two attached hydrogens (primary N) is 1. The van der Waals surface area contributed by atoms with E-state index in [2.05, 4.69) is 22.1 Å². The van der Waals surface area contributed by atoms with E-state index in [0.717, 1.165) is 5.56 Å². The third-order valence-electron chi connectivity index (χ3n) is 4.82. The molecule has 5 atom stereocenters. The summed E-state index contributed by atoms with van der Waals surface area (Å²) in [4.78, 5) is 8.32. The first-order valence-corrected chi connectivity index (χ1v) is 6.98. The van der Waals surface area contributed by atoms with Gasteiger partial charge in [-0.15, -0.1) is 0 Å². The topological polar surface area (TPSA) is 117 Å². The van der Waals surface area contributed by atoms with Gasteiger partial charge in [0.05, 0.1) is 24.8 Å². The molecule has 0 aromatic carbocycles. The first-order chi connectivity index (χ1) is 10.6. The molecule has 5 unspecified atom stereocenters. The van der Waals surface area contributed by atoms with Gasteiger partial charge in [-0.25, -0.2) is 4.99 Å². The van der Waals surface area contributed by atoms with E-state index in [9.17, 15) is 10.5 Å². The minimum atomic E-state index is -1.50. The number of nitrogens with zero attached hydrogens (tertiary/aromatic N) is 4. The van der Waals surface area contributed by atoms with Crippen LogP contribution in [0.15, 0.2) is 29.5 Å². The van der Waals surface area contributed by atoms with Crippen molar-refractivity contribution >= 4 is 5.84 Å². The van der Waals surface area contributed by atoms with Gasteiger partial charge < -0.3 is 15.2 Å². The van der Waals surface area contributed by atoms with Crippen LogP contribution in [-0.2, 0) is 9.47 Å². The van der Waals surface area contributed by atoms with E-state index in [-0.39, 0.29) is 11.9 Å². The molecule has 4 rings (SSSR count). The standard InChI is InChI=1S/C15H13N5O2/c1-9-6-21-15(22-9)14(8-17)11(10-3-2-4-19-5-10)13(14,7-16)12(18)20-15/h2-5,9,11H,6H2,1H3,(H2,18,20). The molecule has 7 heteroatoms. The number of rotatable bonds is 1. The van der Waals surface area contributed by atoms with Crippen LogP contribution in [0.3, 0.4) is 0 Å².